The van der Waals surface area contributed by atoms with E-state index in [0.717, 1.165) is 11.3 Å². The molecule has 2 rings (SSSR count). The normalized spacial score (nSPS) is 10.3. The molecular formula is C11H8BrFN2. The Morgan fingerprint density at radius 2 is 2.07 bits per heavy atom. The Labute approximate surface area is 95.3 Å². The molecule has 0 bridgehead atoms. The van der Waals surface area contributed by atoms with E-state index >= 15 is 0 Å². The van der Waals surface area contributed by atoms with Crippen LogP contribution in [-0.2, 0) is 0 Å². The van der Waals surface area contributed by atoms with E-state index in [1.807, 2.05) is 6.92 Å². The van der Waals surface area contributed by atoms with Crippen molar-refractivity contribution in [2.45, 2.75) is 6.92 Å². The van der Waals surface area contributed by atoms with Gasteiger partial charge >= 0.3 is 0 Å². The largest absolute Gasteiger partial charge is 0.242 e. The van der Waals surface area contributed by atoms with Gasteiger partial charge in [-0.15, -0.1) is 0 Å². The Morgan fingerprint density at radius 1 is 1.27 bits per heavy atom. The van der Waals surface area contributed by atoms with Crippen LogP contribution >= 0.6 is 15.9 Å². The van der Waals surface area contributed by atoms with Crippen LogP contribution in [0.4, 0.5) is 4.39 Å². The zero-order chi connectivity index (χ0) is 10.8. The first-order chi connectivity index (χ1) is 7.16. The van der Waals surface area contributed by atoms with Gasteiger partial charge in [-0.3, -0.25) is 0 Å². The highest BCUT2D eigenvalue weighted by Crippen LogP contribution is 2.23. The minimum atomic E-state index is -0.274. The zero-order valence-corrected chi connectivity index (χ0v) is 9.62. The molecule has 0 aliphatic rings. The van der Waals surface area contributed by atoms with E-state index in [-0.39, 0.29) is 5.82 Å². The van der Waals surface area contributed by atoms with Crippen molar-refractivity contribution >= 4 is 15.9 Å². The maximum absolute atomic E-state index is 13.0. The molecule has 0 spiro atoms. The van der Waals surface area contributed by atoms with E-state index < -0.39 is 0 Å². The molecule has 0 aliphatic carbocycles. The van der Waals surface area contributed by atoms with Gasteiger partial charge in [0.2, 0.25) is 0 Å². The number of nitrogens with zero attached hydrogens (tertiary/aromatic N) is 2. The van der Waals surface area contributed by atoms with Crippen LogP contribution in [0.5, 0.6) is 0 Å². The van der Waals surface area contributed by atoms with Crippen molar-refractivity contribution in [1.29, 1.82) is 0 Å². The lowest BCUT2D eigenvalue weighted by Gasteiger charge is -2.02. The third-order valence-electron chi connectivity index (χ3n) is 1.99. The third kappa shape index (κ3) is 2.21. The third-order valence-corrected chi connectivity index (χ3v) is 2.60. The summed E-state index contributed by atoms with van der Waals surface area (Å²) >= 11 is 3.14. The van der Waals surface area contributed by atoms with Crippen LogP contribution in [-0.4, -0.2) is 9.97 Å². The van der Waals surface area contributed by atoms with Crippen LogP contribution in [0, 0.1) is 12.7 Å². The predicted molar refractivity (Wildman–Crippen MR) is 59.9 cm³/mol. The first kappa shape index (κ1) is 10.2. The molecule has 1 aromatic heterocycles. The average molecular weight is 267 g/mol. The van der Waals surface area contributed by atoms with Crippen LogP contribution in [0.3, 0.4) is 0 Å². The van der Waals surface area contributed by atoms with Gasteiger partial charge in [-0.2, -0.15) is 0 Å². The Balaban J connectivity index is 2.50. The summed E-state index contributed by atoms with van der Waals surface area (Å²) in [6.45, 7) is 1.82. The van der Waals surface area contributed by atoms with Crippen LogP contribution in [0.2, 0.25) is 0 Å². The summed E-state index contributed by atoms with van der Waals surface area (Å²) in [6.07, 6.45) is 1.69. The average Bonchev–Trinajstić information content (AvgIpc) is 2.22. The van der Waals surface area contributed by atoms with Crippen LogP contribution in [0.15, 0.2) is 34.9 Å². The fourth-order valence-electron chi connectivity index (χ4n) is 1.27. The second kappa shape index (κ2) is 4.06. The SMILES string of the molecule is Cc1nccc(-c2ccc(F)c(Br)c2)n1. The maximum atomic E-state index is 13.0. The summed E-state index contributed by atoms with van der Waals surface area (Å²) in [6, 6.07) is 6.61. The molecule has 0 saturated heterocycles. The lowest BCUT2D eigenvalue weighted by molar-refractivity contribution is 0.621. The number of benzene rings is 1. The van der Waals surface area contributed by atoms with Crippen LogP contribution in [0.25, 0.3) is 11.3 Å². The van der Waals surface area contributed by atoms with Crippen LogP contribution in [0.1, 0.15) is 5.82 Å². The van der Waals surface area contributed by atoms with Gasteiger partial charge in [-0.05, 0) is 47.1 Å². The molecule has 1 aromatic carbocycles. The molecule has 1 heterocycles. The fraction of sp³-hybridized carbons (Fsp3) is 0.0909. The van der Waals surface area contributed by atoms with E-state index in [1.54, 1.807) is 24.4 Å². The first-order valence-electron chi connectivity index (χ1n) is 4.42. The molecule has 0 N–H and O–H groups in total. The second-order valence-corrected chi connectivity index (χ2v) is 3.97. The Bertz CT molecular complexity index is 500. The monoisotopic (exact) mass is 266 g/mol. The second-order valence-electron chi connectivity index (χ2n) is 3.12. The molecule has 2 nitrogen and oxygen atoms in total. The lowest BCUT2D eigenvalue weighted by Crippen LogP contribution is -1.90. The van der Waals surface area contributed by atoms with Gasteiger partial charge in [-0.25, -0.2) is 14.4 Å². The number of halogens is 2. The molecule has 2 aromatic rings. The number of aromatic nitrogens is 2. The fourth-order valence-corrected chi connectivity index (χ4v) is 1.65. The molecule has 76 valence electrons. The lowest BCUT2D eigenvalue weighted by atomic mass is 10.1. The molecule has 0 radical (unpaired) electrons. The van der Waals surface area contributed by atoms with Crippen molar-refractivity contribution in [3.8, 4) is 11.3 Å². The van der Waals surface area contributed by atoms with Gasteiger partial charge in [-0.1, -0.05) is 0 Å². The molecular weight excluding hydrogens is 259 g/mol. The summed E-state index contributed by atoms with van der Waals surface area (Å²) in [5.74, 6) is 0.428. The summed E-state index contributed by atoms with van der Waals surface area (Å²) in [4.78, 5) is 8.27. The highest BCUT2D eigenvalue weighted by atomic mass is 79.9. The van der Waals surface area contributed by atoms with Crippen LogP contribution < -0.4 is 0 Å². The van der Waals surface area contributed by atoms with Gasteiger partial charge in [0, 0.05) is 11.8 Å². The molecule has 0 unspecified atom stereocenters. The quantitative estimate of drug-likeness (QED) is 0.791. The molecule has 0 atom stereocenters. The van der Waals surface area contributed by atoms with Gasteiger partial charge in [0.15, 0.2) is 0 Å². The summed E-state index contributed by atoms with van der Waals surface area (Å²) in [5, 5.41) is 0. The van der Waals surface area contributed by atoms with E-state index in [2.05, 4.69) is 25.9 Å². The Kier molecular flexibility index (Phi) is 2.77. The van der Waals surface area contributed by atoms with Gasteiger partial charge < -0.3 is 0 Å². The van der Waals surface area contributed by atoms with Gasteiger partial charge in [0.05, 0.1) is 10.2 Å². The molecule has 0 amide bonds. The van der Waals surface area contributed by atoms with E-state index in [1.165, 1.54) is 6.07 Å². The highest BCUT2D eigenvalue weighted by molar-refractivity contribution is 9.10. The minimum absolute atomic E-state index is 0.274. The number of hydrogen-bond acceptors (Lipinski definition) is 2. The van der Waals surface area contributed by atoms with Gasteiger partial charge in [0.1, 0.15) is 11.6 Å². The molecule has 0 fully saturated rings. The molecule has 15 heavy (non-hydrogen) atoms. The standard InChI is InChI=1S/C11H8BrFN2/c1-7-14-5-4-11(15-7)8-2-3-10(13)9(12)6-8/h2-6H,1H3. The van der Waals surface area contributed by atoms with Crippen molar-refractivity contribution in [3.05, 3.63) is 46.6 Å². The van der Waals surface area contributed by atoms with Gasteiger partial charge in [0.25, 0.3) is 0 Å². The van der Waals surface area contributed by atoms with Crippen molar-refractivity contribution in [2.75, 3.05) is 0 Å². The summed E-state index contributed by atoms with van der Waals surface area (Å²) in [7, 11) is 0. The Morgan fingerprint density at radius 3 is 2.73 bits per heavy atom. The van der Waals surface area contributed by atoms with Crippen molar-refractivity contribution in [2.24, 2.45) is 0 Å². The minimum Gasteiger partial charge on any atom is -0.242 e. The summed E-state index contributed by atoms with van der Waals surface area (Å²) < 4.78 is 13.5. The molecule has 0 aliphatic heterocycles. The smallest absolute Gasteiger partial charge is 0.137 e. The first-order valence-corrected chi connectivity index (χ1v) is 5.21. The van der Waals surface area contributed by atoms with E-state index in [9.17, 15) is 4.39 Å². The van der Waals surface area contributed by atoms with Crippen molar-refractivity contribution in [1.82, 2.24) is 9.97 Å². The van der Waals surface area contributed by atoms with Crippen molar-refractivity contribution in [3.63, 3.8) is 0 Å². The number of hydrogen-bond donors (Lipinski definition) is 0. The highest BCUT2D eigenvalue weighted by Gasteiger charge is 2.03. The van der Waals surface area contributed by atoms with Crippen molar-refractivity contribution < 1.29 is 4.39 Å². The number of rotatable bonds is 1. The zero-order valence-electron chi connectivity index (χ0n) is 8.04. The Hall–Kier alpha value is -1.29. The number of aryl methyl sites for hydroxylation is 1. The summed E-state index contributed by atoms with van der Waals surface area (Å²) in [5.41, 5.74) is 1.66. The topological polar surface area (TPSA) is 25.8 Å². The predicted octanol–water partition coefficient (Wildman–Crippen LogP) is 3.35. The van der Waals surface area contributed by atoms with E-state index in [0.29, 0.717) is 10.3 Å². The molecule has 4 heteroatoms. The molecule has 0 saturated carbocycles. The van der Waals surface area contributed by atoms with E-state index in [4.69, 9.17) is 0 Å². The maximum Gasteiger partial charge on any atom is 0.137 e.